The van der Waals surface area contributed by atoms with Gasteiger partial charge in [0, 0.05) is 5.69 Å². The van der Waals surface area contributed by atoms with Gasteiger partial charge in [0.2, 0.25) is 5.70 Å². The number of benzene rings is 2. The van der Waals surface area contributed by atoms with E-state index in [2.05, 4.69) is 5.18 Å². The summed E-state index contributed by atoms with van der Waals surface area (Å²) in [5.41, 5.74) is 0.875. The second kappa shape index (κ2) is 5.20. The van der Waals surface area contributed by atoms with Gasteiger partial charge in [0.15, 0.2) is 5.76 Å². The van der Waals surface area contributed by atoms with Crippen LogP contribution in [0.4, 0.5) is 5.69 Å². The molecular weight excluding hydrogens is 268 g/mol. The van der Waals surface area contributed by atoms with Gasteiger partial charge in [-0.25, -0.2) is 0 Å². The van der Waals surface area contributed by atoms with E-state index in [4.69, 9.17) is 0 Å². The highest BCUT2D eigenvalue weighted by Gasteiger charge is 2.42. The second-order valence-electron chi connectivity index (χ2n) is 4.65. The molecule has 2 aromatic rings. The van der Waals surface area contributed by atoms with Crippen LogP contribution in [0.3, 0.4) is 0 Å². The first kappa shape index (κ1) is 13.1. The van der Waals surface area contributed by atoms with Crippen molar-refractivity contribution in [2.24, 2.45) is 5.18 Å². The molecule has 21 heavy (non-hydrogen) atoms. The van der Waals surface area contributed by atoms with Crippen LogP contribution in [0, 0.1) is 4.91 Å². The number of aliphatic hydroxyl groups is 1. The molecule has 0 bridgehead atoms. The lowest BCUT2D eigenvalue weighted by Gasteiger charge is -2.25. The van der Waals surface area contributed by atoms with Crippen molar-refractivity contribution < 1.29 is 9.90 Å². The summed E-state index contributed by atoms with van der Waals surface area (Å²) in [5, 5.41) is 12.9. The van der Waals surface area contributed by atoms with Crippen LogP contribution in [0.1, 0.15) is 11.6 Å². The Balaban J connectivity index is 2.14. The van der Waals surface area contributed by atoms with Gasteiger partial charge < -0.3 is 5.11 Å². The second-order valence-corrected chi connectivity index (χ2v) is 4.65. The molecular formula is C16H12N2O3. The van der Waals surface area contributed by atoms with Crippen molar-refractivity contribution in [1.82, 2.24) is 0 Å². The number of para-hydroxylation sites is 1. The van der Waals surface area contributed by atoms with E-state index in [0.717, 1.165) is 0 Å². The van der Waals surface area contributed by atoms with Crippen molar-refractivity contribution in [2.75, 3.05) is 4.90 Å². The number of anilines is 1. The molecule has 0 aromatic heterocycles. The monoisotopic (exact) mass is 280 g/mol. The fourth-order valence-electron chi connectivity index (χ4n) is 2.48. The van der Waals surface area contributed by atoms with Gasteiger partial charge in [0.05, 0.1) is 0 Å². The maximum atomic E-state index is 12.3. The maximum absolute atomic E-state index is 12.3. The lowest BCUT2D eigenvalue weighted by Crippen LogP contribution is -2.30. The predicted molar refractivity (Wildman–Crippen MR) is 78.6 cm³/mol. The smallest absolute Gasteiger partial charge is 0.285 e. The molecule has 0 saturated carbocycles. The van der Waals surface area contributed by atoms with Crippen LogP contribution in [-0.4, -0.2) is 11.0 Å². The van der Waals surface area contributed by atoms with E-state index in [0.29, 0.717) is 11.3 Å². The largest absolute Gasteiger partial charge is 0.507 e. The van der Waals surface area contributed by atoms with Gasteiger partial charge in [-0.1, -0.05) is 48.5 Å². The Morgan fingerprint density at radius 3 is 2.10 bits per heavy atom. The SMILES string of the molecule is O=NC1=C(O)C(c2ccccc2)N(c2ccccc2)C1=O. The topological polar surface area (TPSA) is 70.0 Å². The normalized spacial score (nSPS) is 18.2. The highest BCUT2D eigenvalue weighted by atomic mass is 16.3. The molecule has 1 heterocycles. The summed E-state index contributed by atoms with van der Waals surface area (Å²) < 4.78 is 0. The molecule has 2 aromatic carbocycles. The van der Waals surface area contributed by atoms with Crippen LogP contribution < -0.4 is 4.90 Å². The van der Waals surface area contributed by atoms with E-state index >= 15 is 0 Å². The van der Waals surface area contributed by atoms with Crippen molar-refractivity contribution in [1.29, 1.82) is 0 Å². The molecule has 0 aliphatic carbocycles. The predicted octanol–water partition coefficient (Wildman–Crippen LogP) is 3.31. The van der Waals surface area contributed by atoms with Gasteiger partial charge in [0.25, 0.3) is 5.91 Å². The average molecular weight is 280 g/mol. The molecule has 104 valence electrons. The van der Waals surface area contributed by atoms with Crippen LogP contribution in [0.15, 0.2) is 77.3 Å². The molecule has 1 atom stereocenters. The fraction of sp³-hybridized carbons (Fsp3) is 0.0625. The molecule has 5 heteroatoms. The number of nitrogens with zero attached hydrogens (tertiary/aromatic N) is 2. The Kier molecular flexibility index (Phi) is 3.23. The molecule has 3 rings (SSSR count). The number of rotatable bonds is 3. The summed E-state index contributed by atoms with van der Waals surface area (Å²) >= 11 is 0. The van der Waals surface area contributed by atoms with E-state index in [1.54, 1.807) is 36.4 Å². The van der Waals surface area contributed by atoms with Crippen LogP contribution in [-0.2, 0) is 4.79 Å². The van der Waals surface area contributed by atoms with Gasteiger partial charge in [0.1, 0.15) is 6.04 Å². The molecule has 1 unspecified atom stereocenters. The van der Waals surface area contributed by atoms with E-state index in [1.165, 1.54) is 4.90 Å². The molecule has 1 amide bonds. The van der Waals surface area contributed by atoms with E-state index < -0.39 is 17.6 Å². The first-order chi connectivity index (χ1) is 10.2. The van der Waals surface area contributed by atoms with E-state index in [1.807, 2.05) is 24.3 Å². The standard InChI is InChI=1S/C16H12N2O3/c19-15-13(17-21)16(20)18(12-9-5-2-6-10-12)14(15)11-7-3-1-4-8-11/h1-10,14,19H. The Bertz CT molecular complexity index is 711. The first-order valence-corrected chi connectivity index (χ1v) is 6.44. The molecule has 0 fully saturated rings. The van der Waals surface area contributed by atoms with Crippen molar-refractivity contribution >= 4 is 11.6 Å². The Morgan fingerprint density at radius 2 is 1.52 bits per heavy atom. The molecule has 1 N–H and O–H groups in total. The zero-order valence-corrected chi connectivity index (χ0v) is 11.0. The van der Waals surface area contributed by atoms with Gasteiger partial charge in [-0.3, -0.25) is 9.69 Å². The van der Waals surface area contributed by atoms with Gasteiger partial charge in [-0.2, -0.15) is 0 Å². The Morgan fingerprint density at radius 1 is 0.952 bits per heavy atom. The zero-order chi connectivity index (χ0) is 14.8. The lowest BCUT2D eigenvalue weighted by atomic mass is 10.0. The minimum absolute atomic E-state index is 0.315. The average Bonchev–Trinajstić information content (AvgIpc) is 2.79. The number of amides is 1. The molecule has 1 aliphatic rings. The van der Waals surface area contributed by atoms with Gasteiger partial charge in [-0.05, 0) is 22.9 Å². The van der Waals surface area contributed by atoms with E-state index in [-0.39, 0.29) is 5.76 Å². The zero-order valence-electron chi connectivity index (χ0n) is 11.0. The number of carbonyl (C=O) groups is 1. The third-order valence-corrected chi connectivity index (χ3v) is 3.42. The maximum Gasteiger partial charge on any atom is 0.285 e. The van der Waals surface area contributed by atoms with Crippen molar-refractivity contribution in [3.63, 3.8) is 0 Å². The summed E-state index contributed by atoms with van der Waals surface area (Å²) in [6.07, 6.45) is 0. The van der Waals surface area contributed by atoms with Crippen LogP contribution in [0.5, 0.6) is 0 Å². The molecule has 0 spiro atoms. The van der Waals surface area contributed by atoms with E-state index in [9.17, 15) is 14.8 Å². The third kappa shape index (κ3) is 2.08. The quantitative estimate of drug-likeness (QED) is 0.877. The van der Waals surface area contributed by atoms with Crippen molar-refractivity contribution in [3.8, 4) is 0 Å². The highest BCUT2D eigenvalue weighted by Crippen LogP contribution is 2.39. The van der Waals surface area contributed by atoms with Gasteiger partial charge >= 0.3 is 0 Å². The highest BCUT2D eigenvalue weighted by molar-refractivity contribution is 6.09. The van der Waals surface area contributed by atoms with Gasteiger partial charge in [-0.15, -0.1) is 4.91 Å². The Hall–Kier alpha value is -2.95. The lowest BCUT2D eigenvalue weighted by molar-refractivity contribution is -0.114. The minimum atomic E-state index is -0.728. The number of hydrogen-bond acceptors (Lipinski definition) is 4. The summed E-state index contributed by atoms with van der Waals surface area (Å²) in [5.74, 6) is -0.910. The number of nitroso groups, excluding NO2 is 1. The molecule has 5 nitrogen and oxygen atoms in total. The number of aliphatic hydroxyl groups excluding tert-OH is 1. The fourth-order valence-corrected chi connectivity index (χ4v) is 2.48. The molecule has 0 radical (unpaired) electrons. The number of carbonyl (C=O) groups excluding carboxylic acids is 1. The molecule has 0 saturated heterocycles. The summed E-state index contributed by atoms with van der Waals surface area (Å²) in [4.78, 5) is 24.6. The summed E-state index contributed by atoms with van der Waals surface area (Å²) in [6.45, 7) is 0. The third-order valence-electron chi connectivity index (χ3n) is 3.42. The summed E-state index contributed by atoms with van der Waals surface area (Å²) in [7, 11) is 0. The van der Waals surface area contributed by atoms with Crippen molar-refractivity contribution in [3.05, 3.63) is 82.6 Å². The minimum Gasteiger partial charge on any atom is -0.507 e. The Labute approximate surface area is 121 Å². The first-order valence-electron chi connectivity index (χ1n) is 6.44. The van der Waals surface area contributed by atoms with Crippen LogP contribution in [0.25, 0.3) is 0 Å². The van der Waals surface area contributed by atoms with Crippen LogP contribution >= 0.6 is 0 Å². The summed E-state index contributed by atoms with van der Waals surface area (Å²) in [6, 6.07) is 17.2. The number of hydrogen-bond donors (Lipinski definition) is 1. The molecule has 1 aliphatic heterocycles. The van der Waals surface area contributed by atoms with Crippen molar-refractivity contribution in [2.45, 2.75) is 6.04 Å². The van der Waals surface area contributed by atoms with Crippen LogP contribution in [0.2, 0.25) is 0 Å².